The Kier molecular flexibility index (Phi) is 2.83. The predicted octanol–water partition coefficient (Wildman–Crippen LogP) is -0.399. The van der Waals surface area contributed by atoms with Crippen molar-refractivity contribution in [3.8, 4) is 0 Å². The molecule has 0 aromatic rings. The summed E-state index contributed by atoms with van der Waals surface area (Å²) in [7, 11) is 1.29. The van der Waals surface area contributed by atoms with E-state index in [9.17, 15) is 4.79 Å². The van der Waals surface area contributed by atoms with Crippen LogP contribution in [0.5, 0.6) is 0 Å². The van der Waals surface area contributed by atoms with Crippen LogP contribution in [-0.4, -0.2) is 35.5 Å². The van der Waals surface area contributed by atoms with Gasteiger partial charge in [0.1, 0.15) is 0 Å². The van der Waals surface area contributed by atoms with E-state index in [1.54, 1.807) is 0 Å². The van der Waals surface area contributed by atoms with Crippen LogP contribution in [0.25, 0.3) is 0 Å². The lowest BCUT2D eigenvalue weighted by Gasteiger charge is -2.20. The number of aliphatic hydroxyl groups excluding tert-OH is 2. The van der Waals surface area contributed by atoms with Crippen molar-refractivity contribution < 1.29 is 19.7 Å². The largest absolute Gasteiger partial charge is 0.466 e. The molecule has 2 unspecified atom stereocenters. The lowest BCUT2D eigenvalue weighted by molar-refractivity contribution is -0.136. The lowest BCUT2D eigenvalue weighted by atomic mass is 9.95. The first-order valence-electron chi connectivity index (χ1n) is 3.80. The van der Waals surface area contributed by atoms with Gasteiger partial charge < -0.3 is 14.9 Å². The van der Waals surface area contributed by atoms with Crippen LogP contribution in [-0.2, 0) is 9.53 Å². The molecule has 0 spiro atoms. The predicted molar refractivity (Wildman–Crippen MR) is 41.3 cm³/mol. The molecule has 0 fully saturated rings. The van der Waals surface area contributed by atoms with Crippen molar-refractivity contribution in [1.82, 2.24) is 0 Å². The Morgan fingerprint density at radius 2 is 2.33 bits per heavy atom. The van der Waals surface area contributed by atoms with Crippen molar-refractivity contribution in [1.29, 1.82) is 0 Å². The van der Waals surface area contributed by atoms with Gasteiger partial charge in [-0.3, -0.25) is 0 Å². The molecule has 0 heterocycles. The Balaban J connectivity index is 2.68. The Hall–Kier alpha value is -0.870. The number of carbonyl (C=O) groups is 1. The second kappa shape index (κ2) is 3.69. The fourth-order valence-electron chi connectivity index (χ4n) is 1.18. The van der Waals surface area contributed by atoms with E-state index >= 15 is 0 Å². The molecule has 0 amide bonds. The standard InChI is InChI=1S/C8H12O4/c1-12-8(11)5-2-3-6(9)7(10)4-5/h4,6-7,9-10H,2-3H2,1H3. The number of carbonyl (C=O) groups excluding carboxylic acids is 1. The van der Waals surface area contributed by atoms with Gasteiger partial charge >= 0.3 is 5.97 Å². The first-order valence-corrected chi connectivity index (χ1v) is 3.80. The van der Waals surface area contributed by atoms with Gasteiger partial charge in [0, 0.05) is 5.57 Å². The summed E-state index contributed by atoms with van der Waals surface area (Å²) in [5.74, 6) is -0.430. The third-order valence-electron chi connectivity index (χ3n) is 1.92. The molecular formula is C8H12O4. The number of ether oxygens (including phenoxy) is 1. The van der Waals surface area contributed by atoms with Crippen LogP contribution < -0.4 is 0 Å². The highest BCUT2D eigenvalue weighted by Gasteiger charge is 2.23. The zero-order valence-corrected chi connectivity index (χ0v) is 6.86. The van der Waals surface area contributed by atoms with Crippen molar-refractivity contribution >= 4 is 5.97 Å². The van der Waals surface area contributed by atoms with Crippen molar-refractivity contribution in [2.75, 3.05) is 7.11 Å². The Bertz CT molecular complexity index is 209. The van der Waals surface area contributed by atoms with Crippen LogP contribution in [0.3, 0.4) is 0 Å². The maximum atomic E-state index is 10.9. The smallest absolute Gasteiger partial charge is 0.333 e. The molecule has 68 valence electrons. The van der Waals surface area contributed by atoms with E-state index < -0.39 is 18.2 Å². The molecule has 2 atom stereocenters. The summed E-state index contributed by atoms with van der Waals surface area (Å²) in [5, 5.41) is 18.3. The van der Waals surface area contributed by atoms with Crippen LogP contribution in [0.1, 0.15) is 12.8 Å². The molecular weight excluding hydrogens is 160 g/mol. The fraction of sp³-hybridized carbons (Fsp3) is 0.625. The molecule has 12 heavy (non-hydrogen) atoms. The van der Waals surface area contributed by atoms with Gasteiger partial charge in [0.2, 0.25) is 0 Å². The fourth-order valence-corrected chi connectivity index (χ4v) is 1.18. The molecule has 0 saturated carbocycles. The van der Waals surface area contributed by atoms with E-state index in [0.717, 1.165) is 0 Å². The molecule has 0 aliphatic heterocycles. The average Bonchev–Trinajstić information content (AvgIpc) is 2.08. The Morgan fingerprint density at radius 1 is 1.67 bits per heavy atom. The SMILES string of the molecule is COC(=O)C1=CC(O)C(O)CC1. The maximum Gasteiger partial charge on any atom is 0.333 e. The first-order chi connectivity index (χ1) is 5.65. The van der Waals surface area contributed by atoms with E-state index in [1.807, 2.05) is 0 Å². The van der Waals surface area contributed by atoms with Gasteiger partial charge in [0.05, 0.1) is 19.3 Å². The monoisotopic (exact) mass is 172 g/mol. The summed E-state index contributed by atoms with van der Waals surface area (Å²) in [5.41, 5.74) is 0.440. The van der Waals surface area contributed by atoms with E-state index in [0.29, 0.717) is 18.4 Å². The maximum absolute atomic E-state index is 10.9. The van der Waals surface area contributed by atoms with Crippen LogP contribution in [0.15, 0.2) is 11.6 Å². The molecule has 0 bridgehead atoms. The molecule has 1 aliphatic carbocycles. The van der Waals surface area contributed by atoms with Gasteiger partial charge in [-0.25, -0.2) is 4.79 Å². The quantitative estimate of drug-likeness (QED) is 0.528. The van der Waals surface area contributed by atoms with E-state index in [1.165, 1.54) is 13.2 Å². The zero-order valence-electron chi connectivity index (χ0n) is 6.86. The van der Waals surface area contributed by atoms with Gasteiger partial charge in [0.15, 0.2) is 0 Å². The van der Waals surface area contributed by atoms with Crippen LogP contribution >= 0.6 is 0 Å². The second-order valence-corrected chi connectivity index (χ2v) is 2.78. The molecule has 0 aromatic carbocycles. The molecule has 4 heteroatoms. The van der Waals surface area contributed by atoms with Crippen molar-refractivity contribution in [3.05, 3.63) is 11.6 Å². The zero-order chi connectivity index (χ0) is 9.14. The third kappa shape index (κ3) is 1.84. The molecule has 0 saturated heterocycles. The highest BCUT2D eigenvalue weighted by atomic mass is 16.5. The number of esters is 1. The number of methoxy groups -OCH3 is 1. The lowest BCUT2D eigenvalue weighted by Crippen LogP contribution is -2.29. The van der Waals surface area contributed by atoms with Gasteiger partial charge in [-0.15, -0.1) is 0 Å². The Morgan fingerprint density at radius 3 is 2.83 bits per heavy atom. The first kappa shape index (κ1) is 9.22. The van der Waals surface area contributed by atoms with Crippen LogP contribution in [0, 0.1) is 0 Å². The van der Waals surface area contributed by atoms with Crippen LogP contribution in [0.2, 0.25) is 0 Å². The van der Waals surface area contributed by atoms with Crippen LogP contribution in [0.4, 0.5) is 0 Å². The minimum Gasteiger partial charge on any atom is -0.466 e. The second-order valence-electron chi connectivity index (χ2n) is 2.78. The Labute approximate surface area is 70.5 Å². The minimum atomic E-state index is -0.937. The van der Waals surface area contributed by atoms with Gasteiger partial charge in [-0.05, 0) is 18.9 Å². The average molecular weight is 172 g/mol. The number of hydrogen-bond acceptors (Lipinski definition) is 4. The highest BCUT2D eigenvalue weighted by Crippen LogP contribution is 2.19. The van der Waals surface area contributed by atoms with Gasteiger partial charge in [-0.1, -0.05) is 0 Å². The summed E-state index contributed by atoms with van der Waals surface area (Å²) in [6, 6.07) is 0. The number of rotatable bonds is 1. The summed E-state index contributed by atoms with van der Waals surface area (Å²) in [4.78, 5) is 10.9. The van der Waals surface area contributed by atoms with E-state index in [2.05, 4.69) is 4.74 Å². The van der Waals surface area contributed by atoms with Crippen molar-refractivity contribution in [2.45, 2.75) is 25.0 Å². The normalized spacial score (nSPS) is 29.4. The van der Waals surface area contributed by atoms with Crippen molar-refractivity contribution in [3.63, 3.8) is 0 Å². The van der Waals surface area contributed by atoms with E-state index in [-0.39, 0.29) is 0 Å². The summed E-state index contributed by atoms with van der Waals surface area (Å²) >= 11 is 0. The summed E-state index contributed by atoms with van der Waals surface area (Å²) in [6.07, 6.45) is 0.527. The van der Waals surface area contributed by atoms with Gasteiger partial charge in [0.25, 0.3) is 0 Å². The number of aliphatic hydroxyl groups is 2. The van der Waals surface area contributed by atoms with Gasteiger partial charge in [-0.2, -0.15) is 0 Å². The molecule has 1 rings (SSSR count). The summed E-state index contributed by atoms with van der Waals surface area (Å²) in [6.45, 7) is 0. The molecule has 2 N–H and O–H groups in total. The minimum absolute atomic E-state index is 0.405. The topological polar surface area (TPSA) is 66.8 Å². The third-order valence-corrected chi connectivity index (χ3v) is 1.92. The molecule has 0 aromatic heterocycles. The molecule has 1 aliphatic rings. The number of hydrogen-bond donors (Lipinski definition) is 2. The highest BCUT2D eigenvalue weighted by molar-refractivity contribution is 5.88. The molecule has 4 nitrogen and oxygen atoms in total. The summed E-state index contributed by atoms with van der Waals surface area (Å²) < 4.78 is 4.47. The molecule has 0 radical (unpaired) electrons. The van der Waals surface area contributed by atoms with Crippen molar-refractivity contribution in [2.24, 2.45) is 0 Å². The van der Waals surface area contributed by atoms with E-state index in [4.69, 9.17) is 10.2 Å².